The summed E-state index contributed by atoms with van der Waals surface area (Å²) < 4.78 is 21.5. The van der Waals surface area contributed by atoms with E-state index in [4.69, 9.17) is 18.9 Å². The lowest BCUT2D eigenvalue weighted by atomic mass is 9.80. The van der Waals surface area contributed by atoms with Gasteiger partial charge in [0.1, 0.15) is 18.3 Å². The summed E-state index contributed by atoms with van der Waals surface area (Å²) in [5.41, 5.74) is 1.01. The van der Waals surface area contributed by atoms with Crippen LogP contribution in [0.25, 0.3) is 0 Å². The van der Waals surface area contributed by atoms with Gasteiger partial charge in [-0.3, -0.25) is 0 Å². The van der Waals surface area contributed by atoms with Crippen molar-refractivity contribution in [1.82, 2.24) is 0 Å². The lowest BCUT2D eigenvalue weighted by Crippen LogP contribution is -2.32. The minimum atomic E-state index is -0.317. The number of esters is 4. The monoisotopic (exact) mass is 935 g/mol. The predicted octanol–water partition coefficient (Wildman–Crippen LogP) is 14.7. The number of unbranched alkanes of at least 4 members (excludes halogenated alkanes) is 1. The van der Waals surface area contributed by atoms with Crippen LogP contribution in [0.4, 0.5) is 0 Å². The number of rotatable bonds is 22. The molecule has 0 heterocycles. The Labute approximate surface area is 409 Å². The first-order chi connectivity index (χ1) is 31.7. The lowest BCUT2D eigenvalue weighted by Gasteiger charge is -2.31. The van der Waals surface area contributed by atoms with E-state index < -0.39 is 0 Å². The van der Waals surface area contributed by atoms with Crippen LogP contribution in [0.5, 0.6) is 0 Å². The fourth-order valence-electron chi connectivity index (χ4n) is 13.6. The molecule has 8 nitrogen and oxygen atoms in total. The molecule has 6 aliphatic rings. The smallest absolute Gasteiger partial charge is 0.333 e. The van der Waals surface area contributed by atoms with Crippen molar-refractivity contribution in [2.75, 3.05) is 6.61 Å². The van der Waals surface area contributed by atoms with E-state index in [0.717, 1.165) is 85.4 Å². The number of ether oxygens (including phenoxy) is 4. The Morgan fingerprint density at radius 3 is 1.54 bits per heavy atom. The molecule has 0 saturated heterocycles. The molecule has 0 N–H and O–H groups in total. The third-order valence-electron chi connectivity index (χ3n) is 16.6. The van der Waals surface area contributed by atoms with Crippen LogP contribution in [0.3, 0.4) is 0 Å². The van der Waals surface area contributed by atoms with Crippen LogP contribution in [0.1, 0.15) is 192 Å². The molecule has 6 aliphatic carbocycles. The molecule has 0 aromatic rings. The summed E-state index contributed by atoms with van der Waals surface area (Å²) in [6, 6.07) is 0. The quantitative estimate of drug-likeness (QED) is 0.0600. The van der Waals surface area contributed by atoms with E-state index in [2.05, 4.69) is 81.7 Å². The van der Waals surface area contributed by atoms with Gasteiger partial charge in [0, 0.05) is 23.3 Å². The van der Waals surface area contributed by atoms with Crippen LogP contribution in [0.15, 0.2) is 49.6 Å². The third-order valence-corrected chi connectivity index (χ3v) is 16.6. The van der Waals surface area contributed by atoms with E-state index >= 15 is 0 Å². The van der Waals surface area contributed by atoms with Crippen molar-refractivity contribution in [3.05, 3.63) is 49.6 Å². The van der Waals surface area contributed by atoms with Crippen LogP contribution in [-0.2, 0) is 38.1 Å². The van der Waals surface area contributed by atoms with Gasteiger partial charge in [-0.15, -0.1) is 0 Å². The summed E-state index contributed by atoms with van der Waals surface area (Å²) in [7, 11) is 0. The van der Waals surface area contributed by atoms with E-state index in [0.29, 0.717) is 47.3 Å². The molecule has 0 aromatic heterocycles. The van der Waals surface area contributed by atoms with Gasteiger partial charge < -0.3 is 18.9 Å². The number of fused-ring (bicyclic) bond motifs is 10. The molecule has 0 spiro atoms. The highest BCUT2D eigenvalue weighted by Crippen LogP contribution is 2.60. The summed E-state index contributed by atoms with van der Waals surface area (Å²) in [5.74, 6) is 9.63. The van der Waals surface area contributed by atoms with Crippen LogP contribution in [0.2, 0.25) is 0 Å². The first-order valence-electron chi connectivity index (χ1n) is 27.1. The van der Waals surface area contributed by atoms with Gasteiger partial charge in [0.2, 0.25) is 0 Å². The average Bonchev–Trinajstić information content (AvgIpc) is 4.13. The third kappa shape index (κ3) is 18.6. The van der Waals surface area contributed by atoms with Crippen molar-refractivity contribution in [2.24, 2.45) is 82.9 Å². The Bertz CT molecular complexity index is 1600. The lowest BCUT2D eigenvalue weighted by molar-refractivity contribution is -0.148. The van der Waals surface area contributed by atoms with Crippen LogP contribution in [0, 0.1) is 82.9 Å². The van der Waals surface area contributed by atoms with E-state index in [-0.39, 0.29) is 42.2 Å². The topological polar surface area (TPSA) is 105 Å². The van der Waals surface area contributed by atoms with Crippen molar-refractivity contribution < 1.29 is 38.1 Å². The molecule has 0 aromatic carbocycles. The highest BCUT2D eigenvalue weighted by molar-refractivity contribution is 5.87. The Morgan fingerprint density at radius 1 is 0.597 bits per heavy atom. The highest BCUT2D eigenvalue weighted by Gasteiger charge is 2.56. The maximum Gasteiger partial charge on any atom is 0.333 e. The SMILES string of the molecule is C=C(C)C(=O)OC1CC2CC1C1CCCC21.C=C(C)C(=O)OCC(CC)CCCC.C=CC(=O)OC(C)C(C)CC(C)CC(C)CC(C)CC(C)C.C=CC(=O)OC1CC2CC1C1CCCC21. The molecule has 6 saturated carbocycles. The van der Waals surface area contributed by atoms with Crippen LogP contribution >= 0.6 is 0 Å². The number of hydrogen-bond acceptors (Lipinski definition) is 8. The Balaban J connectivity index is 0.000000240. The fourth-order valence-corrected chi connectivity index (χ4v) is 13.6. The molecule has 382 valence electrons. The molecule has 0 radical (unpaired) electrons. The maximum absolute atomic E-state index is 11.5. The van der Waals surface area contributed by atoms with Crippen LogP contribution < -0.4 is 0 Å². The summed E-state index contributed by atoms with van der Waals surface area (Å²) in [6.45, 7) is 38.2. The van der Waals surface area contributed by atoms with Gasteiger partial charge in [-0.1, -0.05) is 114 Å². The molecule has 4 bridgehead atoms. The molecular weight excluding hydrogens is 837 g/mol. The Morgan fingerprint density at radius 2 is 1.07 bits per heavy atom. The minimum absolute atomic E-state index is 0.0388. The molecule has 67 heavy (non-hydrogen) atoms. The second-order valence-corrected chi connectivity index (χ2v) is 23.0. The summed E-state index contributed by atoms with van der Waals surface area (Å²) >= 11 is 0. The van der Waals surface area contributed by atoms with Gasteiger partial charge >= 0.3 is 23.9 Å². The van der Waals surface area contributed by atoms with Gasteiger partial charge in [-0.25, -0.2) is 19.2 Å². The Kier molecular flexibility index (Phi) is 25.3. The maximum atomic E-state index is 11.5. The standard InChI is InChI=1S/C20H38O2.C14H20O2.C13H18O2.C12H22O2/c1-9-20(21)22-19(8)18(7)13-17(6)12-16(5)11-15(4)10-14(2)3;1-8(2)14(15)16-13-7-9-6-12(13)11-5-3-4-10(9)11;1-2-13(14)15-12-7-8-6-11(12)10-5-3-4-9(8)10;1-5-7-8-11(6-2)9-14-12(13)10(3)4/h9,14-19H,1,10-13H2,2-8H3;9-13H,1,3-7H2,2H3;2,8-12H,1,3-7H2;11H,3,5-9H2,1-2,4H3. The van der Waals surface area contributed by atoms with Crippen LogP contribution in [-0.4, -0.2) is 48.8 Å². The number of hydrogen-bond donors (Lipinski definition) is 0. The van der Waals surface area contributed by atoms with Gasteiger partial charge in [-0.05, 0) is 187 Å². The van der Waals surface area contributed by atoms with E-state index in [1.165, 1.54) is 95.6 Å². The summed E-state index contributed by atoms with van der Waals surface area (Å²) in [5, 5.41) is 0. The number of carbonyl (C=O) groups excluding carboxylic acids is 4. The zero-order valence-electron chi connectivity index (χ0n) is 44.5. The molecule has 16 atom stereocenters. The van der Waals surface area contributed by atoms with E-state index in [1.54, 1.807) is 13.8 Å². The normalized spacial score (nSPS) is 29.6. The predicted molar refractivity (Wildman–Crippen MR) is 274 cm³/mol. The summed E-state index contributed by atoms with van der Waals surface area (Å²) in [4.78, 5) is 45.1. The second-order valence-electron chi connectivity index (χ2n) is 23.0. The second kappa shape index (κ2) is 29.1. The van der Waals surface area contributed by atoms with Gasteiger partial charge in [0.25, 0.3) is 0 Å². The molecule has 16 unspecified atom stereocenters. The summed E-state index contributed by atoms with van der Waals surface area (Å²) in [6.07, 6.45) is 25.8. The van der Waals surface area contributed by atoms with Gasteiger partial charge in [0.15, 0.2) is 0 Å². The molecule has 6 fully saturated rings. The first-order valence-corrected chi connectivity index (χ1v) is 27.1. The number of carbonyl (C=O) groups is 4. The minimum Gasteiger partial charge on any atom is -0.462 e. The average molecular weight is 935 g/mol. The van der Waals surface area contributed by atoms with Crippen molar-refractivity contribution in [3.8, 4) is 0 Å². The van der Waals surface area contributed by atoms with Crippen molar-refractivity contribution in [2.45, 2.75) is 210 Å². The van der Waals surface area contributed by atoms with Crippen molar-refractivity contribution in [3.63, 3.8) is 0 Å². The zero-order chi connectivity index (χ0) is 50.0. The molecule has 0 aliphatic heterocycles. The van der Waals surface area contributed by atoms with Gasteiger partial charge in [-0.2, -0.15) is 0 Å². The molecule has 6 rings (SSSR count). The van der Waals surface area contributed by atoms with E-state index in [1.807, 2.05) is 6.92 Å². The zero-order valence-corrected chi connectivity index (χ0v) is 44.5. The fraction of sp³-hybridized carbons (Fsp3) is 0.797. The Hall–Kier alpha value is -3.16. The highest BCUT2D eigenvalue weighted by atomic mass is 16.6. The van der Waals surface area contributed by atoms with E-state index in [9.17, 15) is 19.2 Å². The van der Waals surface area contributed by atoms with Crippen molar-refractivity contribution in [1.29, 1.82) is 0 Å². The van der Waals surface area contributed by atoms with Gasteiger partial charge in [0.05, 0.1) is 6.61 Å². The van der Waals surface area contributed by atoms with Crippen molar-refractivity contribution >= 4 is 23.9 Å². The molecule has 0 amide bonds. The molecule has 8 heteroatoms. The largest absolute Gasteiger partial charge is 0.462 e. The first kappa shape index (κ1) is 58.2. The molecular formula is C59H98O8.